The highest BCUT2D eigenvalue weighted by Crippen LogP contribution is 2.26. The number of thiazole rings is 1. The maximum atomic E-state index is 12.1. The molecule has 0 N–H and O–H groups in total. The molecule has 0 spiro atoms. The van der Waals surface area contributed by atoms with Crippen molar-refractivity contribution < 1.29 is 4.74 Å². The first-order valence-electron chi connectivity index (χ1n) is 7.78. The Kier molecular flexibility index (Phi) is 4.48. The van der Waals surface area contributed by atoms with Crippen LogP contribution in [0.4, 0.5) is 0 Å². The van der Waals surface area contributed by atoms with Crippen LogP contribution in [0.3, 0.4) is 0 Å². The quantitative estimate of drug-likeness (QED) is 0.492. The molecule has 26 heavy (non-hydrogen) atoms. The van der Waals surface area contributed by atoms with Crippen LogP contribution in [-0.2, 0) is 12.8 Å². The smallest absolute Gasteiger partial charge is 0.258 e. The first kappa shape index (κ1) is 16.8. The molecule has 0 aliphatic heterocycles. The summed E-state index contributed by atoms with van der Waals surface area (Å²) in [6, 6.07) is 9.26. The molecule has 0 aliphatic carbocycles. The predicted molar refractivity (Wildman–Crippen MR) is 102 cm³/mol. The lowest BCUT2D eigenvalue weighted by Crippen LogP contribution is -2.12. The number of nitrogens with zero attached hydrogens (tertiary/aromatic N) is 5. The Morgan fingerprint density at radius 2 is 2.15 bits per heavy atom. The van der Waals surface area contributed by atoms with Crippen molar-refractivity contribution in [1.82, 2.24) is 24.1 Å². The number of benzene rings is 1. The fourth-order valence-corrected chi connectivity index (χ4v) is 4.10. The molecule has 0 amide bonds. The van der Waals surface area contributed by atoms with E-state index in [9.17, 15) is 4.79 Å². The molecule has 4 rings (SSSR count). The summed E-state index contributed by atoms with van der Waals surface area (Å²) in [4.78, 5) is 17.3. The van der Waals surface area contributed by atoms with Crippen LogP contribution >= 0.6 is 23.1 Å². The first-order valence-corrected chi connectivity index (χ1v) is 9.64. The van der Waals surface area contributed by atoms with Crippen LogP contribution in [0, 0.1) is 0 Å². The lowest BCUT2D eigenvalue weighted by molar-refractivity contribution is 0.415. The van der Waals surface area contributed by atoms with Crippen LogP contribution < -0.4 is 10.3 Å². The monoisotopic (exact) mass is 385 g/mol. The van der Waals surface area contributed by atoms with Crippen LogP contribution in [0.2, 0.25) is 0 Å². The van der Waals surface area contributed by atoms with Crippen molar-refractivity contribution in [1.29, 1.82) is 0 Å². The van der Waals surface area contributed by atoms with E-state index in [1.807, 2.05) is 41.3 Å². The van der Waals surface area contributed by atoms with Crippen molar-refractivity contribution in [3.05, 3.63) is 58.0 Å². The second-order valence-corrected chi connectivity index (χ2v) is 7.34. The van der Waals surface area contributed by atoms with Gasteiger partial charge in [-0.05, 0) is 12.1 Å². The topological polar surface area (TPSA) is 74.3 Å². The minimum Gasteiger partial charge on any atom is -0.497 e. The van der Waals surface area contributed by atoms with Gasteiger partial charge < -0.3 is 9.30 Å². The molecule has 0 aliphatic rings. The Bertz CT molecular complexity index is 1130. The van der Waals surface area contributed by atoms with Crippen LogP contribution in [0.15, 0.2) is 51.9 Å². The third-order valence-electron chi connectivity index (χ3n) is 3.87. The van der Waals surface area contributed by atoms with Crippen LogP contribution in [0.5, 0.6) is 5.75 Å². The number of thioether (sulfide) groups is 1. The normalized spacial score (nSPS) is 11.2. The minimum absolute atomic E-state index is 0.0677. The molecule has 3 aromatic heterocycles. The zero-order valence-electron chi connectivity index (χ0n) is 14.1. The van der Waals surface area contributed by atoms with E-state index in [1.165, 1.54) is 23.1 Å². The van der Waals surface area contributed by atoms with Gasteiger partial charge >= 0.3 is 0 Å². The highest BCUT2D eigenvalue weighted by molar-refractivity contribution is 7.98. The van der Waals surface area contributed by atoms with Crippen molar-refractivity contribution in [2.45, 2.75) is 10.9 Å². The van der Waals surface area contributed by atoms with Gasteiger partial charge in [0.25, 0.3) is 5.56 Å². The fraction of sp³-hybridized carbons (Fsp3) is 0.176. The average Bonchev–Trinajstić information content (AvgIpc) is 3.27. The summed E-state index contributed by atoms with van der Waals surface area (Å²) in [5.74, 6) is 2.08. The summed E-state index contributed by atoms with van der Waals surface area (Å²) in [5, 5.41) is 11.2. The maximum absolute atomic E-state index is 12.1. The fourth-order valence-electron chi connectivity index (χ4n) is 2.55. The molecule has 0 saturated heterocycles. The number of methoxy groups -OCH3 is 1. The largest absolute Gasteiger partial charge is 0.497 e. The number of hydrogen-bond donors (Lipinski definition) is 0. The van der Waals surface area contributed by atoms with E-state index in [0.717, 1.165) is 28.0 Å². The second kappa shape index (κ2) is 6.93. The van der Waals surface area contributed by atoms with Gasteiger partial charge in [-0.15, -0.1) is 21.5 Å². The van der Waals surface area contributed by atoms with E-state index in [0.29, 0.717) is 10.7 Å². The molecule has 1 aromatic carbocycles. The molecule has 9 heteroatoms. The summed E-state index contributed by atoms with van der Waals surface area (Å²) in [7, 11) is 3.55. The molecule has 0 unspecified atom stereocenters. The predicted octanol–water partition coefficient (Wildman–Crippen LogP) is 2.85. The summed E-state index contributed by atoms with van der Waals surface area (Å²) in [6.07, 6.45) is 1.73. The molecule has 0 saturated carbocycles. The van der Waals surface area contributed by atoms with E-state index in [-0.39, 0.29) is 5.56 Å². The average molecular weight is 385 g/mol. The Labute approximate surface area is 157 Å². The molecule has 7 nitrogen and oxygen atoms in total. The van der Waals surface area contributed by atoms with Gasteiger partial charge in [0.2, 0.25) is 0 Å². The van der Waals surface area contributed by atoms with E-state index < -0.39 is 0 Å². The summed E-state index contributed by atoms with van der Waals surface area (Å²) < 4.78 is 8.74. The molecule has 0 radical (unpaired) electrons. The first-order chi connectivity index (χ1) is 12.7. The van der Waals surface area contributed by atoms with Gasteiger partial charge in [-0.25, -0.2) is 4.98 Å². The van der Waals surface area contributed by atoms with Gasteiger partial charge in [0.15, 0.2) is 15.9 Å². The molecular weight excluding hydrogens is 370 g/mol. The van der Waals surface area contributed by atoms with Gasteiger partial charge in [-0.1, -0.05) is 23.9 Å². The lowest BCUT2D eigenvalue weighted by atomic mass is 10.2. The van der Waals surface area contributed by atoms with E-state index >= 15 is 0 Å². The standard InChI is InChI=1S/C17H15N5O2S2/c1-21-15(11-4-3-5-13(8-11)24-2)19-20-17(21)26-10-12-9-14(23)22-6-7-25-16(22)18-12/h3-9H,10H2,1-2H3. The van der Waals surface area contributed by atoms with E-state index in [4.69, 9.17) is 4.74 Å². The molecule has 4 aromatic rings. The highest BCUT2D eigenvalue weighted by Gasteiger charge is 2.13. The Hall–Kier alpha value is -2.65. The van der Waals surface area contributed by atoms with Crippen molar-refractivity contribution in [3.63, 3.8) is 0 Å². The third kappa shape index (κ3) is 3.11. The number of rotatable bonds is 5. The molecule has 0 atom stereocenters. The Morgan fingerprint density at radius 1 is 1.27 bits per heavy atom. The van der Waals surface area contributed by atoms with Gasteiger partial charge in [0.05, 0.1) is 12.8 Å². The lowest BCUT2D eigenvalue weighted by Gasteiger charge is -2.05. The molecule has 3 heterocycles. The molecule has 0 fully saturated rings. The molecular formula is C17H15N5O2S2. The van der Waals surface area contributed by atoms with Crippen molar-refractivity contribution in [2.24, 2.45) is 7.05 Å². The number of hydrogen-bond acceptors (Lipinski definition) is 7. The SMILES string of the molecule is COc1cccc(-c2nnc(SCc3cc(=O)n4ccsc4n3)n2C)c1. The highest BCUT2D eigenvalue weighted by atomic mass is 32.2. The zero-order valence-corrected chi connectivity index (χ0v) is 15.8. The van der Waals surface area contributed by atoms with E-state index in [2.05, 4.69) is 15.2 Å². The number of aromatic nitrogens is 5. The second-order valence-electron chi connectivity index (χ2n) is 5.53. The summed E-state index contributed by atoms with van der Waals surface area (Å²) >= 11 is 2.94. The number of ether oxygens (including phenoxy) is 1. The third-order valence-corrected chi connectivity index (χ3v) is 5.68. The maximum Gasteiger partial charge on any atom is 0.258 e. The number of fused-ring (bicyclic) bond motifs is 1. The zero-order chi connectivity index (χ0) is 18.1. The van der Waals surface area contributed by atoms with Gasteiger partial charge in [-0.2, -0.15) is 0 Å². The minimum atomic E-state index is -0.0677. The van der Waals surface area contributed by atoms with Crippen LogP contribution in [0.1, 0.15) is 5.69 Å². The van der Waals surface area contributed by atoms with Crippen molar-refractivity contribution in [3.8, 4) is 17.1 Å². The Morgan fingerprint density at radius 3 is 3.00 bits per heavy atom. The molecule has 0 bridgehead atoms. The van der Waals surface area contributed by atoms with Gasteiger partial charge in [-0.3, -0.25) is 9.20 Å². The Balaban J connectivity index is 1.57. The van der Waals surface area contributed by atoms with Crippen molar-refractivity contribution >= 4 is 28.1 Å². The van der Waals surface area contributed by atoms with Crippen LogP contribution in [-0.4, -0.2) is 31.3 Å². The van der Waals surface area contributed by atoms with Crippen LogP contribution in [0.25, 0.3) is 16.3 Å². The van der Waals surface area contributed by atoms with Crippen molar-refractivity contribution in [2.75, 3.05) is 7.11 Å². The molecule has 132 valence electrons. The summed E-state index contributed by atoms with van der Waals surface area (Å²) in [6.45, 7) is 0. The van der Waals surface area contributed by atoms with Gasteiger partial charge in [0.1, 0.15) is 5.75 Å². The van der Waals surface area contributed by atoms with E-state index in [1.54, 1.807) is 23.8 Å². The van der Waals surface area contributed by atoms with Gasteiger partial charge in [0, 0.05) is 36.0 Å². The summed E-state index contributed by atoms with van der Waals surface area (Å²) in [5.41, 5.74) is 1.60.